The van der Waals surface area contributed by atoms with Crippen LogP contribution in [-0.2, 0) is 19.2 Å². The summed E-state index contributed by atoms with van der Waals surface area (Å²) < 4.78 is 0. The summed E-state index contributed by atoms with van der Waals surface area (Å²) in [5.41, 5.74) is 5.38. The van der Waals surface area contributed by atoms with Gasteiger partial charge in [0, 0.05) is 12.3 Å². The first kappa shape index (κ1) is 22.6. The molecule has 0 spiro atoms. The number of thioether (sulfide) groups is 1. The van der Waals surface area contributed by atoms with Crippen molar-refractivity contribution in [2.24, 2.45) is 5.73 Å². The predicted molar refractivity (Wildman–Crippen MR) is 102 cm³/mol. The smallest absolute Gasteiger partial charge is 0.327 e. The van der Waals surface area contributed by atoms with Crippen molar-refractivity contribution in [1.29, 1.82) is 0 Å². The maximum Gasteiger partial charge on any atom is 0.327 e. The summed E-state index contributed by atoms with van der Waals surface area (Å²) in [7, 11) is 0. The van der Waals surface area contributed by atoms with Crippen molar-refractivity contribution in [3.8, 4) is 0 Å². The minimum absolute atomic E-state index is 0.0638. The van der Waals surface area contributed by atoms with Crippen LogP contribution in [0.25, 0.3) is 0 Å². The van der Waals surface area contributed by atoms with Gasteiger partial charge in [0.2, 0.25) is 17.7 Å². The molecule has 0 aromatic heterocycles. The number of rotatable bonds is 10. The lowest BCUT2D eigenvalue weighted by Crippen LogP contribution is -2.56. The van der Waals surface area contributed by atoms with Gasteiger partial charge in [-0.25, -0.2) is 4.79 Å². The van der Waals surface area contributed by atoms with E-state index >= 15 is 0 Å². The van der Waals surface area contributed by atoms with E-state index in [0.29, 0.717) is 31.6 Å². The number of thiol groups is 1. The van der Waals surface area contributed by atoms with E-state index < -0.39 is 35.9 Å². The lowest BCUT2D eigenvalue weighted by Gasteiger charge is -2.26. The lowest BCUT2D eigenvalue weighted by atomic mass is 10.1. The van der Waals surface area contributed by atoms with Crippen LogP contribution in [0.5, 0.6) is 0 Å². The Morgan fingerprint density at radius 3 is 2.54 bits per heavy atom. The second-order valence-corrected chi connectivity index (χ2v) is 7.22. The molecular weight excluding hydrogens is 380 g/mol. The molecule has 9 nitrogen and oxygen atoms in total. The van der Waals surface area contributed by atoms with Crippen LogP contribution < -0.4 is 16.4 Å². The molecule has 3 amide bonds. The average Bonchev–Trinajstić information content (AvgIpc) is 3.11. The van der Waals surface area contributed by atoms with Crippen LogP contribution in [0.4, 0.5) is 0 Å². The molecule has 1 rings (SSSR count). The molecule has 0 saturated carbocycles. The number of nitrogens with one attached hydrogen (secondary N) is 2. The first-order valence-electron chi connectivity index (χ1n) is 8.28. The van der Waals surface area contributed by atoms with Crippen LogP contribution in [0.1, 0.15) is 19.3 Å². The number of hydrogen-bond acceptors (Lipinski definition) is 7. The summed E-state index contributed by atoms with van der Waals surface area (Å²) in [6.45, 7) is 0.277. The first-order valence-corrected chi connectivity index (χ1v) is 10.3. The summed E-state index contributed by atoms with van der Waals surface area (Å²) >= 11 is 5.41. The van der Waals surface area contributed by atoms with Crippen molar-refractivity contribution in [3.05, 3.63) is 0 Å². The zero-order chi connectivity index (χ0) is 19.7. The minimum atomic E-state index is -1.20. The van der Waals surface area contributed by atoms with Gasteiger partial charge in [-0.2, -0.15) is 24.4 Å². The fourth-order valence-corrected chi connectivity index (χ4v) is 3.40. The fourth-order valence-electron chi connectivity index (χ4n) is 2.69. The molecule has 0 bridgehead atoms. The number of hydrogen-bond donors (Lipinski definition) is 5. The average molecular weight is 407 g/mol. The van der Waals surface area contributed by atoms with Crippen LogP contribution in [-0.4, -0.2) is 82.7 Å². The van der Waals surface area contributed by atoms with E-state index in [1.807, 2.05) is 6.26 Å². The Balaban J connectivity index is 2.79. The van der Waals surface area contributed by atoms with E-state index in [-0.39, 0.29) is 18.2 Å². The number of likely N-dealkylation sites (tertiary alicyclic amines) is 1. The Labute approximate surface area is 162 Å². The second-order valence-electron chi connectivity index (χ2n) is 5.87. The van der Waals surface area contributed by atoms with E-state index in [1.54, 1.807) is 0 Å². The molecule has 3 unspecified atom stereocenters. The molecule has 3 atom stereocenters. The van der Waals surface area contributed by atoms with Gasteiger partial charge in [-0.05, 0) is 31.3 Å². The highest BCUT2D eigenvalue weighted by atomic mass is 32.2. The quantitative estimate of drug-likeness (QED) is 0.283. The van der Waals surface area contributed by atoms with Gasteiger partial charge in [-0.15, -0.1) is 0 Å². The number of amides is 3. The molecule has 1 saturated heterocycles. The maximum atomic E-state index is 12.6. The molecule has 5 N–H and O–H groups in total. The first-order chi connectivity index (χ1) is 12.3. The summed E-state index contributed by atoms with van der Waals surface area (Å²) in [4.78, 5) is 49.3. The fraction of sp³-hybridized carbons (Fsp3) is 0.733. The Bertz CT molecular complexity index is 534. The largest absolute Gasteiger partial charge is 0.480 e. The van der Waals surface area contributed by atoms with E-state index in [0.717, 1.165) is 0 Å². The van der Waals surface area contributed by atoms with Crippen LogP contribution in [0.15, 0.2) is 0 Å². The molecule has 1 heterocycles. The number of aliphatic carboxylic acids is 1. The number of carboxylic acid groups (broad SMARTS) is 1. The molecule has 148 valence electrons. The van der Waals surface area contributed by atoms with Crippen molar-refractivity contribution < 1.29 is 24.3 Å². The number of nitrogens with two attached hydrogens (primary N) is 1. The normalized spacial score (nSPS) is 18.9. The third-order valence-electron chi connectivity index (χ3n) is 4.09. The van der Waals surface area contributed by atoms with Crippen LogP contribution in [0.3, 0.4) is 0 Å². The van der Waals surface area contributed by atoms with Gasteiger partial charge in [-0.3, -0.25) is 14.4 Å². The SMILES string of the molecule is CSCCC(NC(=O)C1CCCN1C(=O)CN)C(=O)NC(CS)C(=O)O. The van der Waals surface area contributed by atoms with Crippen molar-refractivity contribution >= 4 is 48.1 Å². The van der Waals surface area contributed by atoms with Gasteiger partial charge in [0.1, 0.15) is 18.1 Å². The van der Waals surface area contributed by atoms with Gasteiger partial charge in [0.25, 0.3) is 0 Å². The highest BCUT2D eigenvalue weighted by molar-refractivity contribution is 7.98. The Hall–Kier alpha value is -1.46. The standard InChI is InChI=1S/C15H26N4O5S2/c1-26-6-4-9(13(21)18-10(8-25)15(23)24)17-14(22)11-3-2-5-19(11)12(20)7-16/h9-11,25H,2-8,16H2,1H3,(H,17,22)(H,18,21)(H,23,24). The van der Waals surface area contributed by atoms with Crippen molar-refractivity contribution in [2.75, 3.05) is 30.9 Å². The molecule has 1 fully saturated rings. The Morgan fingerprint density at radius 1 is 1.31 bits per heavy atom. The Kier molecular flexibility index (Phi) is 9.81. The van der Waals surface area contributed by atoms with Gasteiger partial charge >= 0.3 is 5.97 Å². The van der Waals surface area contributed by atoms with Gasteiger partial charge in [0.05, 0.1) is 6.54 Å². The molecule has 0 aromatic rings. The van der Waals surface area contributed by atoms with Gasteiger partial charge < -0.3 is 26.4 Å². The molecule has 0 aromatic carbocycles. The topological polar surface area (TPSA) is 142 Å². The molecule has 11 heteroatoms. The summed E-state index contributed by atoms with van der Waals surface area (Å²) in [6.07, 6.45) is 3.40. The molecule has 1 aliphatic rings. The zero-order valence-electron chi connectivity index (χ0n) is 14.6. The highest BCUT2D eigenvalue weighted by Gasteiger charge is 2.35. The van der Waals surface area contributed by atoms with E-state index in [4.69, 9.17) is 10.8 Å². The van der Waals surface area contributed by atoms with Crippen molar-refractivity contribution in [3.63, 3.8) is 0 Å². The summed E-state index contributed by atoms with van der Waals surface area (Å²) in [5, 5.41) is 14.1. The zero-order valence-corrected chi connectivity index (χ0v) is 16.4. The number of carbonyl (C=O) groups is 4. The molecule has 26 heavy (non-hydrogen) atoms. The van der Waals surface area contributed by atoms with Gasteiger partial charge in [-0.1, -0.05) is 0 Å². The second kappa shape index (κ2) is 11.3. The van der Waals surface area contributed by atoms with E-state index in [2.05, 4.69) is 23.3 Å². The predicted octanol–water partition coefficient (Wildman–Crippen LogP) is -1.33. The molecule has 0 radical (unpaired) electrons. The van der Waals surface area contributed by atoms with Crippen LogP contribution >= 0.6 is 24.4 Å². The van der Waals surface area contributed by atoms with Crippen LogP contribution in [0, 0.1) is 0 Å². The third kappa shape index (κ3) is 6.36. The highest BCUT2D eigenvalue weighted by Crippen LogP contribution is 2.17. The molecular formula is C15H26N4O5S2. The number of carboxylic acids is 1. The minimum Gasteiger partial charge on any atom is -0.480 e. The summed E-state index contributed by atoms with van der Waals surface area (Å²) in [6, 6.07) is -2.68. The summed E-state index contributed by atoms with van der Waals surface area (Å²) in [5.74, 6) is -1.97. The monoisotopic (exact) mass is 406 g/mol. The third-order valence-corrected chi connectivity index (χ3v) is 5.10. The van der Waals surface area contributed by atoms with Crippen molar-refractivity contribution in [2.45, 2.75) is 37.4 Å². The lowest BCUT2D eigenvalue weighted by molar-refractivity contribution is -0.142. The van der Waals surface area contributed by atoms with Gasteiger partial charge in [0.15, 0.2) is 0 Å². The molecule has 1 aliphatic heterocycles. The molecule has 0 aliphatic carbocycles. The maximum absolute atomic E-state index is 12.6. The van der Waals surface area contributed by atoms with E-state index in [1.165, 1.54) is 16.7 Å². The number of nitrogens with zero attached hydrogens (tertiary/aromatic N) is 1. The van der Waals surface area contributed by atoms with Crippen LogP contribution in [0.2, 0.25) is 0 Å². The Morgan fingerprint density at radius 2 is 2.00 bits per heavy atom. The van der Waals surface area contributed by atoms with E-state index in [9.17, 15) is 19.2 Å². The number of carbonyl (C=O) groups excluding carboxylic acids is 3. The van der Waals surface area contributed by atoms with Crippen molar-refractivity contribution in [1.82, 2.24) is 15.5 Å².